The molecule has 0 aromatic heterocycles. The molecule has 0 radical (unpaired) electrons. The van der Waals surface area contributed by atoms with Gasteiger partial charge >= 0.3 is 0 Å². The molecule has 0 spiro atoms. The Balaban J connectivity index is 3.07. The molecule has 0 aromatic rings. The highest BCUT2D eigenvalue weighted by atomic mass is 15.1. The Morgan fingerprint density at radius 2 is 1.67 bits per heavy atom. The standard InChI is InChI=1S/C6H17N3/c1-2-3-4-5-6(7,8)9/h2-5,7-9H2,1H3. The van der Waals surface area contributed by atoms with E-state index in [4.69, 9.17) is 17.2 Å². The second kappa shape index (κ2) is 3.82. The molecule has 0 bridgehead atoms. The smallest absolute Gasteiger partial charge is 0.115 e. The summed E-state index contributed by atoms with van der Waals surface area (Å²) in [7, 11) is 0. The summed E-state index contributed by atoms with van der Waals surface area (Å²) in [6, 6.07) is 0. The molecule has 0 saturated heterocycles. The minimum atomic E-state index is -0.949. The molecule has 0 unspecified atom stereocenters. The van der Waals surface area contributed by atoms with Gasteiger partial charge in [0, 0.05) is 0 Å². The predicted molar refractivity (Wildman–Crippen MR) is 39.4 cm³/mol. The first-order chi connectivity index (χ1) is 4.06. The Bertz CT molecular complexity index is 65.2. The monoisotopic (exact) mass is 131 g/mol. The summed E-state index contributed by atoms with van der Waals surface area (Å²) in [5.41, 5.74) is 16.0. The maximum atomic E-state index is 5.33. The zero-order valence-corrected chi connectivity index (χ0v) is 6.06. The molecule has 0 saturated carbocycles. The summed E-state index contributed by atoms with van der Waals surface area (Å²) in [5.74, 6) is -0.949. The fourth-order valence-electron chi connectivity index (χ4n) is 0.681. The second-order valence-electron chi connectivity index (χ2n) is 2.57. The van der Waals surface area contributed by atoms with Crippen molar-refractivity contribution in [2.75, 3.05) is 0 Å². The molecule has 3 heteroatoms. The molecule has 3 nitrogen and oxygen atoms in total. The molecular formula is C6H17N3. The molecule has 0 rings (SSSR count). The fraction of sp³-hybridized carbons (Fsp3) is 1.00. The maximum Gasteiger partial charge on any atom is 0.115 e. The van der Waals surface area contributed by atoms with Gasteiger partial charge in [-0.3, -0.25) is 0 Å². The average Bonchev–Trinajstić information content (AvgIpc) is 1.63. The zero-order valence-electron chi connectivity index (χ0n) is 6.06. The lowest BCUT2D eigenvalue weighted by molar-refractivity contribution is 0.404. The van der Waals surface area contributed by atoms with Crippen LogP contribution < -0.4 is 17.2 Å². The number of rotatable bonds is 4. The molecule has 6 N–H and O–H groups in total. The lowest BCUT2D eigenvalue weighted by atomic mass is 10.1. The first kappa shape index (κ1) is 8.88. The molecular weight excluding hydrogens is 114 g/mol. The summed E-state index contributed by atoms with van der Waals surface area (Å²) in [6.45, 7) is 2.13. The quantitative estimate of drug-likeness (QED) is 0.374. The maximum absolute atomic E-state index is 5.33. The van der Waals surface area contributed by atoms with Crippen molar-refractivity contribution >= 4 is 0 Å². The topological polar surface area (TPSA) is 78.1 Å². The van der Waals surface area contributed by atoms with Crippen LogP contribution in [0, 0.1) is 0 Å². The van der Waals surface area contributed by atoms with E-state index >= 15 is 0 Å². The molecule has 0 aliphatic heterocycles. The second-order valence-corrected chi connectivity index (χ2v) is 2.57. The summed E-state index contributed by atoms with van der Waals surface area (Å²) in [6.07, 6.45) is 4.07. The average molecular weight is 131 g/mol. The number of nitrogens with two attached hydrogens (primary N) is 3. The van der Waals surface area contributed by atoms with Gasteiger partial charge in [-0.25, -0.2) is 0 Å². The van der Waals surface area contributed by atoms with Gasteiger partial charge in [0.05, 0.1) is 0 Å². The van der Waals surface area contributed by atoms with Crippen molar-refractivity contribution in [1.29, 1.82) is 0 Å². The minimum Gasteiger partial charge on any atom is -0.301 e. The van der Waals surface area contributed by atoms with E-state index in [0.717, 1.165) is 12.8 Å². The van der Waals surface area contributed by atoms with Gasteiger partial charge in [-0.15, -0.1) is 0 Å². The highest BCUT2D eigenvalue weighted by molar-refractivity contribution is 4.66. The predicted octanol–water partition coefficient (Wildman–Crippen LogP) is 0.0966. The van der Waals surface area contributed by atoms with E-state index in [1.165, 1.54) is 6.42 Å². The van der Waals surface area contributed by atoms with Crippen LogP contribution in [0.5, 0.6) is 0 Å². The SMILES string of the molecule is CCCCCC(N)(N)N. The summed E-state index contributed by atoms with van der Waals surface area (Å²) >= 11 is 0. The summed E-state index contributed by atoms with van der Waals surface area (Å²) < 4.78 is 0. The molecule has 56 valence electrons. The van der Waals surface area contributed by atoms with Crippen molar-refractivity contribution in [3.05, 3.63) is 0 Å². The highest BCUT2D eigenvalue weighted by Crippen LogP contribution is 2.01. The van der Waals surface area contributed by atoms with E-state index < -0.39 is 5.79 Å². The zero-order chi connectivity index (χ0) is 7.33. The molecule has 0 fully saturated rings. The number of hydrogen-bond donors (Lipinski definition) is 3. The Hall–Kier alpha value is -0.120. The van der Waals surface area contributed by atoms with Crippen LogP contribution in [0.25, 0.3) is 0 Å². The van der Waals surface area contributed by atoms with Crippen LogP contribution >= 0.6 is 0 Å². The highest BCUT2D eigenvalue weighted by Gasteiger charge is 2.09. The Morgan fingerprint density at radius 1 is 1.11 bits per heavy atom. The first-order valence-corrected chi connectivity index (χ1v) is 3.43. The molecule has 0 aliphatic rings. The van der Waals surface area contributed by atoms with Gasteiger partial charge in [0.15, 0.2) is 0 Å². The van der Waals surface area contributed by atoms with E-state index in [9.17, 15) is 0 Å². The van der Waals surface area contributed by atoms with Crippen LogP contribution in [0.4, 0.5) is 0 Å². The lowest BCUT2D eigenvalue weighted by Crippen LogP contribution is -2.57. The third kappa shape index (κ3) is 7.88. The van der Waals surface area contributed by atoms with Gasteiger partial charge in [0.2, 0.25) is 0 Å². The third-order valence-corrected chi connectivity index (χ3v) is 1.21. The summed E-state index contributed by atoms with van der Waals surface area (Å²) in [4.78, 5) is 0. The van der Waals surface area contributed by atoms with Gasteiger partial charge in [-0.1, -0.05) is 19.8 Å². The van der Waals surface area contributed by atoms with E-state index in [1.54, 1.807) is 0 Å². The van der Waals surface area contributed by atoms with Crippen LogP contribution in [0.2, 0.25) is 0 Å². The first-order valence-electron chi connectivity index (χ1n) is 3.43. The van der Waals surface area contributed by atoms with Gasteiger partial charge < -0.3 is 17.2 Å². The molecule has 0 amide bonds. The Morgan fingerprint density at radius 3 is 2.00 bits per heavy atom. The lowest BCUT2D eigenvalue weighted by Gasteiger charge is -2.17. The van der Waals surface area contributed by atoms with Gasteiger partial charge in [0.25, 0.3) is 0 Å². The van der Waals surface area contributed by atoms with Crippen molar-refractivity contribution in [3.63, 3.8) is 0 Å². The Labute approximate surface area is 56.6 Å². The van der Waals surface area contributed by atoms with Crippen LogP contribution in [0.1, 0.15) is 32.6 Å². The third-order valence-electron chi connectivity index (χ3n) is 1.21. The Kier molecular flexibility index (Phi) is 3.77. The van der Waals surface area contributed by atoms with Crippen LogP contribution in [0.15, 0.2) is 0 Å². The van der Waals surface area contributed by atoms with Crippen molar-refractivity contribution < 1.29 is 0 Å². The van der Waals surface area contributed by atoms with Crippen molar-refractivity contribution in [3.8, 4) is 0 Å². The van der Waals surface area contributed by atoms with Crippen LogP contribution in [-0.2, 0) is 0 Å². The molecule has 0 atom stereocenters. The van der Waals surface area contributed by atoms with E-state index in [0.29, 0.717) is 6.42 Å². The van der Waals surface area contributed by atoms with Crippen molar-refractivity contribution in [2.24, 2.45) is 17.2 Å². The van der Waals surface area contributed by atoms with Crippen molar-refractivity contribution in [1.82, 2.24) is 0 Å². The molecule has 0 aliphatic carbocycles. The summed E-state index contributed by atoms with van der Waals surface area (Å²) in [5, 5.41) is 0. The number of unbranched alkanes of at least 4 members (excludes halogenated alkanes) is 2. The fourth-order valence-corrected chi connectivity index (χ4v) is 0.681. The number of hydrogen-bond acceptors (Lipinski definition) is 3. The normalized spacial score (nSPS) is 12.0. The largest absolute Gasteiger partial charge is 0.301 e. The van der Waals surface area contributed by atoms with E-state index in [1.807, 2.05) is 0 Å². The molecule has 9 heavy (non-hydrogen) atoms. The van der Waals surface area contributed by atoms with Crippen LogP contribution in [0.3, 0.4) is 0 Å². The van der Waals surface area contributed by atoms with E-state index in [-0.39, 0.29) is 0 Å². The van der Waals surface area contributed by atoms with Crippen molar-refractivity contribution in [2.45, 2.75) is 38.4 Å². The minimum absolute atomic E-state index is 0.709. The molecule has 0 heterocycles. The van der Waals surface area contributed by atoms with Gasteiger partial charge in [-0.2, -0.15) is 0 Å². The van der Waals surface area contributed by atoms with Gasteiger partial charge in [-0.05, 0) is 12.8 Å². The molecule has 0 aromatic carbocycles. The van der Waals surface area contributed by atoms with Gasteiger partial charge in [0.1, 0.15) is 5.79 Å². The van der Waals surface area contributed by atoms with Crippen LogP contribution in [-0.4, -0.2) is 5.79 Å². The van der Waals surface area contributed by atoms with E-state index in [2.05, 4.69) is 6.92 Å².